The first-order valence-electron chi connectivity index (χ1n) is 5.66. The quantitative estimate of drug-likeness (QED) is 0.818. The molecule has 1 fully saturated rings. The van der Waals surface area contributed by atoms with E-state index < -0.39 is 12.6 Å². The van der Waals surface area contributed by atoms with Crippen LogP contribution in [0.15, 0.2) is 0 Å². The van der Waals surface area contributed by atoms with Crippen LogP contribution in [0.3, 0.4) is 0 Å². The Morgan fingerprint density at radius 2 is 1.94 bits per heavy atom. The predicted molar refractivity (Wildman–Crippen MR) is 58.1 cm³/mol. The fourth-order valence-electron chi connectivity index (χ4n) is 2.35. The van der Waals surface area contributed by atoms with E-state index in [1.54, 1.807) is 11.9 Å². The van der Waals surface area contributed by atoms with Crippen molar-refractivity contribution in [3.63, 3.8) is 0 Å². The average Bonchev–Trinajstić information content (AvgIpc) is 2.38. The molecule has 1 aliphatic rings. The summed E-state index contributed by atoms with van der Waals surface area (Å²) in [6, 6.07) is 0.0445. The minimum absolute atomic E-state index is 0.0364. The average molecular weight is 238 g/mol. The van der Waals surface area contributed by atoms with Crippen molar-refractivity contribution in [3.05, 3.63) is 0 Å². The third-order valence-electron chi connectivity index (χ3n) is 3.72. The molecular formula is C11H21F3N2. The van der Waals surface area contributed by atoms with Gasteiger partial charge in [-0.1, -0.05) is 13.8 Å². The summed E-state index contributed by atoms with van der Waals surface area (Å²) in [6.45, 7) is 4.20. The SMILES string of the molecule is CN(CCC(F)(F)F)C1CCC(C)(C)C1N. The van der Waals surface area contributed by atoms with Crippen molar-refractivity contribution in [2.24, 2.45) is 11.1 Å². The highest BCUT2D eigenvalue weighted by Crippen LogP contribution is 2.38. The van der Waals surface area contributed by atoms with Gasteiger partial charge >= 0.3 is 6.18 Å². The van der Waals surface area contributed by atoms with Gasteiger partial charge in [-0.3, -0.25) is 0 Å². The summed E-state index contributed by atoms with van der Waals surface area (Å²) in [5, 5.41) is 0. The van der Waals surface area contributed by atoms with Crippen LogP contribution in [0.2, 0.25) is 0 Å². The molecule has 0 aromatic heterocycles. The molecule has 2 N–H and O–H groups in total. The molecule has 0 aromatic carbocycles. The summed E-state index contributed by atoms with van der Waals surface area (Å²) < 4.78 is 36.3. The second-order valence-electron chi connectivity index (χ2n) is 5.47. The van der Waals surface area contributed by atoms with Gasteiger partial charge < -0.3 is 10.6 Å². The van der Waals surface area contributed by atoms with Gasteiger partial charge in [0.2, 0.25) is 0 Å². The zero-order valence-electron chi connectivity index (χ0n) is 10.1. The van der Waals surface area contributed by atoms with E-state index in [1.165, 1.54) is 0 Å². The zero-order chi connectivity index (χ0) is 12.6. The number of alkyl halides is 3. The maximum atomic E-state index is 12.1. The maximum absolute atomic E-state index is 12.1. The fraction of sp³-hybridized carbons (Fsp3) is 1.00. The number of hydrogen-bond donors (Lipinski definition) is 1. The second kappa shape index (κ2) is 4.53. The maximum Gasteiger partial charge on any atom is 0.390 e. The molecule has 0 radical (unpaired) electrons. The highest BCUT2D eigenvalue weighted by atomic mass is 19.4. The normalized spacial score (nSPS) is 30.0. The van der Waals surface area contributed by atoms with E-state index in [1.807, 2.05) is 0 Å². The van der Waals surface area contributed by atoms with E-state index in [4.69, 9.17) is 5.73 Å². The minimum Gasteiger partial charge on any atom is -0.326 e. The van der Waals surface area contributed by atoms with Crippen LogP contribution >= 0.6 is 0 Å². The lowest BCUT2D eigenvalue weighted by Crippen LogP contribution is -2.48. The molecule has 0 amide bonds. The highest BCUT2D eigenvalue weighted by molar-refractivity contribution is 4.98. The predicted octanol–water partition coefficient (Wildman–Crippen LogP) is 2.39. The number of rotatable bonds is 3. The summed E-state index contributed by atoms with van der Waals surface area (Å²) in [7, 11) is 1.73. The number of hydrogen-bond acceptors (Lipinski definition) is 2. The summed E-state index contributed by atoms with van der Waals surface area (Å²) in [6.07, 6.45) is -2.96. The minimum atomic E-state index is -4.08. The van der Waals surface area contributed by atoms with E-state index in [2.05, 4.69) is 13.8 Å². The highest BCUT2D eigenvalue weighted by Gasteiger charge is 2.41. The second-order valence-corrected chi connectivity index (χ2v) is 5.47. The monoisotopic (exact) mass is 238 g/mol. The molecule has 1 aliphatic carbocycles. The molecule has 1 saturated carbocycles. The van der Waals surface area contributed by atoms with Crippen LogP contribution in [0.1, 0.15) is 33.1 Å². The number of nitrogens with two attached hydrogens (primary N) is 1. The topological polar surface area (TPSA) is 29.3 Å². The summed E-state index contributed by atoms with van der Waals surface area (Å²) in [5.74, 6) is 0. The van der Waals surface area contributed by atoms with E-state index in [0.717, 1.165) is 12.8 Å². The van der Waals surface area contributed by atoms with Crippen molar-refractivity contribution in [1.29, 1.82) is 0 Å². The molecule has 0 spiro atoms. The van der Waals surface area contributed by atoms with Crippen molar-refractivity contribution < 1.29 is 13.2 Å². The van der Waals surface area contributed by atoms with Crippen molar-refractivity contribution in [2.45, 2.75) is 51.4 Å². The Hall–Kier alpha value is -0.290. The van der Waals surface area contributed by atoms with Gasteiger partial charge in [0.25, 0.3) is 0 Å². The Kier molecular flexibility index (Phi) is 3.90. The third-order valence-corrected chi connectivity index (χ3v) is 3.72. The molecule has 16 heavy (non-hydrogen) atoms. The van der Waals surface area contributed by atoms with E-state index in [9.17, 15) is 13.2 Å². The zero-order valence-corrected chi connectivity index (χ0v) is 10.1. The van der Waals surface area contributed by atoms with Gasteiger partial charge in [0.15, 0.2) is 0 Å². The molecule has 1 rings (SSSR count). The Balaban J connectivity index is 2.47. The van der Waals surface area contributed by atoms with Crippen LogP contribution in [-0.4, -0.2) is 36.8 Å². The molecule has 2 atom stereocenters. The number of likely N-dealkylation sites (N-methyl/N-ethyl adjacent to an activating group) is 1. The van der Waals surface area contributed by atoms with E-state index >= 15 is 0 Å². The van der Waals surface area contributed by atoms with Gasteiger partial charge in [0.1, 0.15) is 0 Å². The Bertz CT molecular complexity index is 238. The molecule has 0 heterocycles. The molecule has 2 unspecified atom stereocenters. The first kappa shape index (κ1) is 13.8. The summed E-state index contributed by atoms with van der Waals surface area (Å²) >= 11 is 0. The Labute approximate surface area is 95.0 Å². The van der Waals surface area contributed by atoms with Gasteiger partial charge in [0, 0.05) is 18.6 Å². The van der Waals surface area contributed by atoms with Crippen molar-refractivity contribution >= 4 is 0 Å². The van der Waals surface area contributed by atoms with Gasteiger partial charge in [-0.05, 0) is 25.3 Å². The summed E-state index contributed by atoms with van der Waals surface area (Å²) in [5.41, 5.74) is 6.11. The van der Waals surface area contributed by atoms with Crippen LogP contribution < -0.4 is 5.73 Å². The van der Waals surface area contributed by atoms with Crippen LogP contribution in [0.5, 0.6) is 0 Å². The molecule has 96 valence electrons. The number of halogens is 3. The lowest BCUT2D eigenvalue weighted by molar-refractivity contribution is -0.138. The van der Waals surface area contributed by atoms with E-state index in [0.29, 0.717) is 0 Å². The molecule has 2 nitrogen and oxygen atoms in total. The standard InChI is InChI=1S/C11H21F3N2/c1-10(2)5-4-8(9(10)15)16(3)7-6-11(12,13)14/h8-9H,4-7,15H2,1-3H3. The Morgan fingerprint density at radius 1 is 1.38 bits per heavy atom. The van der Waals surface area contributed by atoms with Crippen molar-refractivity contribution in [1.82, 2.24) is 4.90 Å². The van der Waals surface area contributed by atoms with Crippen LogP contribution in [0.4, 0.5) is 13.2 Å². The van der Waals surface area contributed by atoms with Gasteiger partial charge in [-0.2, -0.15) is 13.2 Å². The van der Waals surface area contributed by atoms with Crippen molar-refractivity contribution in [3.8, 4) is 0 Å². The molecule has 5 heteroatoms. The molecule has 0 saturated heterocycles. The fourth-order valence-corrected chi connectivity index (χ4v) is 2.35. The lowest BCUT2D eigenvalue weighted by atomic mass is 9.87. The van der Waals surface area contributed by atoms with Crippen molar-refractivity contribution in [2.75, 3.05) is 13.6 Å². The lowest BCUT2D eigenvalue weighted by Gasteiger charge is -2.32. The molecule has 0 aliphatic heterocycles. The number of nitrogens with zero attached hydrogens (tertiary/aromatic N) is 1. The van der Waals surface area contributed by atoms with E-state index in [-0.39, 0.29) is 24.0 Å². The largest absolute Gasteiger partial charge is 0.390 e. The summed E-state index contributed by atoms with van der Waals surface area (Å²) in [4.78, 5) is 1.76. The molecule has 0 bridgehead atoms. The van der Waals surface area contributed by atoms with Gasteiger partial charge in [-0.15, -0.1) is 0 Å². The van der Waals surface area contributed by atoms with Crippen LogP contribution in [0.25, 0.3) is 0 Å². The first-order valence-corrected chi connectivity index (χ1v) is 5.66. The molecular weight excluding hydrogens is 217 g/mol. The van der Waals surface area contributed by atoms with Gasteiger partial charge in [-0.25, -0.2) is 0 Å². The van der Waals surface area contributed by atoms with Crippen LogP contribution in [0, 0.1) is 5.41 Å². The smallest absolute Gasteiger partial charge is 0.326 e. The van der Waals surface area contributed by atoms with Gasteiger partial charge in [0.05, 0.1) is 6.42 Å². The Morgan fingerprint density at radius 3 is 2.31 bits per heavy atom. The third kappa shape index (κ3) is 3.35. The first-order chi connectivity index (χ1) is 7.13. The molecule has 0 aromatic rings. The van der Waals surface area contributed by atoms with Crippen LogP contribution in [-0.2, 0) is 0 Å².